The van der Waals surface area contributed by atoms with Gasteiger partial charge in [0.2, 0.25) is 0 Å². The van der Waals surface area contributed by atoms with Crippen LogP contribution < -0.4 is 4.90 Å². The molecule has 1 N–H and O–H groups in total. The number of hydrogen-bond acceptors (Lipinski definition) is 6. The van der Waals surface area contributed by atoms with E-state index in [4.69, 9.17) is 4.98 Å². The van der Waals surface area contributed by atoms with Gasteiger partial charge in [-0.25, -0.2) is 9.78 Å². The van der Waals surface area contributed by atoms with Crippen LogP contribution in [0.15, 0.2) is 54.9 Å². The number of carbonyl (C=O) groups excluding carboxylic acids is 2. The normalized spacial score (nSPS) is 16.8. The molecule has 9 heteroatoms. The Bertz CT molecular complexity index is 1570. The highest BCUT2D eigenvalue weighted by atomic mass is 16.3. The zero-order chi connectivity index (χ0) is 26.6. The summed E-state index contributed by atoms with van der Waals surface area (Å²) in [5, 5.41) is 11.2. The number of benzene rings is 1. The Morgan fingerprint density at radius 3 is 2.53 bits per heavy atom. The van der Waals surface area contributed by atoms with Gasteiger partial charge in [-0.3, -0.25) is 19.7 Å². The maximum absolute atomic E-state index is 13.6. The lowest BCUT2D eigenvalue weighted by Crippen LogP contribution is -2.56. The number of fused-ring (bicyclic) bond motifs is 4. The fraction of sp³-hybridized carbons (Fsp3) is 0.345. The van der Waals surface area contributed by atoms with Crippen molar-refractivity contribution in [1.82, 2.24) is 24.8 Å². The highest BCUT2D eigenvalue weighted by molar-refractivity contribution is 6.04. The molecule has 0 bridgehead atoms. The second kappa shape index (κ2) is 9.02. The van der Waals surface area contributed by atoms with Gasteiger partial charge in [-0.1, -0.05) is 18.2 Å². The van der Waals surface area contributed by atoms with Crippen LogP contribution >= 0.6 is 0 Å². The molecular weight excluding hydrogens is 480 g/mol. The molecule has 0 atom stereocenters. The van der Waals surface area contributed by atoms with E-state index in [1.807, 2.05) is 53.7 Å². The van der Waals surface area contributed by atoms with Gasteiger partial charge in [0.1, 0.15) is 11.1 Å². The number of pyridine rings is 3. The van der Waals surface area contributed by atoms with E-state index in [2.05, 4.69) is 16.0 Å². The highest BCUT2D eigenvalue weighted by Gasteiger charge is 2.39. The van der Waals surface area contributed by atoms with Gasteiger partial charge >= 0.3 is 6.03 Å². The number of likely N-dealkylation sites (tertiary alicyclic amines) is 1. The molecule has 1 aromatic carbocycles. The summed E-state index contributed by atoms with van der Waals surface area (Å²) >= 11 is 0. The van der Waals surface area contributed by atoms with Gasteiger partial charge in [-0.2, -0.15) is 0 Å². The third-order valence-electron chi connectivity index (χ3n) is 7.47. The van der Waals surface area contributed by atoms with Crippen LogP contribution in [0.3, 0.4) is 0 Å². The smallest absolute Gasteiger partial charge is 0.324 e. The maximum Gasteiger partial charge on any atom is 0.324 e. The first-order valence-corrected chi connectivity index (χ1v) is 12.9. The number of piperidine rings is 1. The molecule has 1 fully saturated rings. The zero-order valence-electron chi connectivity index (χ0n) is 21.8. The predicted molar refractivity (Wildman–Crippen MR) is 146 cm³/mol. The van der Waals surface area contributed by atoms with Crippen molar-refractivity contribution in [3.05, 3.63) is 60.4 Å². The summed E-state index contributed by atoms with van der Waals surface area (Å²) in [7, 11) is 1.79. The minimum atomic E-state index is -1.42. The second-order valence-electron chi connectivity index (χ2n) is 10.7. The van der Waals surface area contributed by atoms with Crippen molar-refractivity contribution in [2.45, 2.75) is 44.9 Å². The van der Waals surface area contributed by atoms with Gasteiger partial charge in [-0.05, 0) is 51.0 Å². The van der Waals surface area contributed by atoms with E-state index >= 15 is 0 Å². The van der Waals surface area contributed by atoms with E-state index in [1.54, 1.807) is 16.8 Å². The summed E-state index contributed by atoms with van der Waals surface area (Å²) in [5.74, 6) is -0.289. The fourth-order valence-corrected chi connectivity index (χ4v) is 5.50. The molecule has 6 rings (SSSR count). The van der Waals surface area contributed by atoms with Crippen molar-refractivity contribution in [3.8, 4) is 11.3 Å². The molecular formula is C29H30N6O3. The lowest BCUT2D eigenvalue weighted by Gasteiger charge is -2.43. The van der Waals surface area contributed by atoms with E-state index in [1.165, 1.54) is 13.8 Å². The van der Waals surface area contributed by atoms with Crippen molar-refractivity contribution < 1.29 is 14.7 Å². The Kier molecular flexibility index (Phi) is 5.75. The molecule has 4 aromatic rings. The molecule has 9 nitrogen and oxygen atoms in total. The lowest BCUT2D eigenvalue weighted by molar-refractivity contribution is -0.148. The summed E-state index contributed by atoms with van der Waals surface area (Å²) in [6.07, 6.45) is 4.88. The standard InChI is InChI=1S/C29H30N6O3/c1-29(2,38)27(36)34-12-10-21(11-13-34)35-26-20(17-33(3)28(35)37)16-31-24-9-8-23(32-25(24)26)19-14-18-6-4-5-7-22(18)30-15-19/h4-9,14-16,21,38H,10-13,17H2,1-3H3. The summed E-state index contributed by atoms with van der Waals surface area (Å²) in [4.78, 5) is 45.7. The Hall–Kier alpha value is -4.11. The average Bonchev–Trinajstić information content (AvgIpc) is 2.92. The van der Waals surface area contributed by atoms with Gasteiger partial charge in [0.25, 0.3) is 5.91 Å². The maximum atomic E-state index is 13.6. The fourth-order valence-electron chi connectivity index (χ4n) is 5.50. The molecule has 2 aliphatic heterocycles. The number of rotatable bonds is 3. The van der Waals surface area contributed by atoms with Crippen molar-refractivity contribution in [3.63, 3.8) is 0 Å². The molecule has 0 saturated carbocycles. The zero-order valence-corrected chi connectivity index (χ0v) is 21.8. The number of amides is 3. The van der Waals surface area contributed by atoms with Crippen molar-refractivity contribution in [2.75, 3.05) is 25.0 Å². The third-order valence-corrected chi connectivity index (χ3v) is 7.47. The largest absolute Gasteiger partial charge is 0.381 e. The Morgan fingerprint density at radius 1 is 1.03 bits per heavy atom. The highest BCUT2D eigenvalue weighted by Crippen LogP contribution is 2.38. The van der Waals surface area contributed by atoms with Gasteiger partial charge in [0.15, 0.2) is 0 Å². The van der Waals surface area contributed by atoms with Gasteiger partial charge in [0, 0.05) is 55.1 Å². The summed E-state index contributed by atoms with van der Waals surface area (Å²) in [6, 6.07) is 13.7. The van der Waals surface area contributed by atoms with Gasteiger partial charge in [-0.15, -0.1) is 0 Å². The van der Waals surface area contributed by atoms with Crippen LogP contribution in [0.1, 0.15) is 32.3 Å². The molecule has 194 valence electrons. The molecule has 38 heavy (non-hydrogen) atoms. The molecule has 0 aliphatic carbocycles. The summed E-state index contributed by atoms with van der Waals surface area (Å²) in [6.45, 7) is 4.41. The van der Waals surface area contributed by atoms with Gasteiger partial charge in [0.05, 0.1) is 29.0 Å². The number of nitrogens with zero attached hydrogens (tertiary/aromatic N) is 6. The molecule has 0 radical (unpaired) electrons. The van der Waals surface area contributed by atoms with Gasteiger partial charge < -0.3 is 14.9 Å². The SMILES string of the molecule is CN1Cc2cnc3ccc(-c4cnc5ccccc5c4)nc3c2N(C2CCN(C(=O)C(C)(C)O)CC2)C1=O. The minimum absolute atomic E-state index is 0.0863. The van der Waals surface area contributed by atoms with E-state index in [0.717, 1.165) is 38.9 Å². The van der Waals surface area contributed by atoms with Crippen LogP contribution in [0.2, 0.25) is 0 Å². The van der Waals surface area contributed by atoms with Crippen LogP contribution in [-0.4, -0.2) is 73.6 Å². The second-order valence-corrected chi connectivity index (χ2v) is 10.7. The molecule has 3 amide bonds. The summed E-state index contributed by atoms with van der Waals surface area (Å²) in [5.41, 5.74) is 4.31. The van der Waals surface area contributed by atoms with Crippen LogP contribution in [0, 0.1) is 0 Å². The number of carbonyl (C=O) groups is 2. The van der Waals surface area contributed by atoms with E-state index in [0.29, 0.717) is 38.0 Å². The van der Waals surface area contributed by atoms with Crippen LogP contribution in [-0.2, 0) is 11.3 Å². The average molecular weight is 511 g/mol. The number of aliphatic hydroxyl groups is 1. The topological polar surface area (TPSA) is 103 Å². The molecule has 1 saturated heterocycles. The Labute approximate surface area is 220 Å². The lowest BCUT2D eigenvalue weighted by atomic mass is 9.98. The van der Waals surface area contributed by atoms with Crippen molar-refractivity contribution >= 4 is 39.6 Å². The number of urea groups is 1. The quantitative estimate of drug-likeness (QED) is 0.447. The van der Waals surface area contributed by atoms with Crippen LogP contribution in [0.5, 0.6) is 0 Å². The number of hydrogen-bond donors (Lipinski definition) is 1. The molecule has 3 aromatic heterocycles. The number of aromatic nitrogens is 3. The Morgan fingerprint density at radius 2 is 1.76 bits per heavy atom. The van der Waals surface area contributed by atoms with Crippen LogP contribution in [0.4, 0.5) is 10.5 Å². The van der Waals surface area contributed by atoms with Crippen molar-refractivity contribution in [1.29, 1.82) is 0 Å². The summed E-state index contributed by atoms with van der Waals surface area (Å²) < 4.78 is 0. The van der Waals surface area contributed by atoms with E-state index in [-0.39, 0.29) is 18.0 Å². The first kappa shape index (κ1) is 24.2. The number of para-hydroxylation sites is 1. The third kappa shape index (κ3) is 4.12. The predicted octanol–water partition coefficient (Wildman–Crippen LogP) is 3.98. The van der Waals surface area contributed by atoms with Crippen LogP contribution in [0.25, 0.3) is 33.2 Å². The van der Waals surface area contributed by atoms with E-state index < -0.39 is 5.60 Å². The molecule has 5 heterocycles. The van der Waals surface area contributed by atoms with Crippen molar-refractivity contribution in [2.24, 2.45) is 0 Å². The first-order chi connectivity index (χ1) is 18.2. The van der Waals surface area contributed by atoms with E-state index in [9.17, 15) is 14.7 Å². The molecule has 0 unspecified atom stereocenters. The molecule has 2 aliphatic rings. The first-order valence-electron chi connectivity index (χ1n) is 12.9. The minimum Gasteiger partial charge on any atom is -0.381 e. The Balaban J connectivity index is 1.40. The monoisotopic (exact) mass is 510 g/mol. The molecule has 0 spiro atoms. The number of anilines is 1.